The van der Waals surface area contributed by atoms with Crippen LogP contribution in [0.3, 0.4) is 0 Å². The van der Waals surface area contributed by atoms with Crippen molar-refractivity contribution in [3.63, 3.8) is 0 Å². The second kappa shape index (κ2) is 4.72. The molecule has 0 spiro atoms. The van der Waals surface area contributed by atoms with E-state index in [1.807, 2.05) is 13.2 Å². The molecule has 0 amide bonds. The number of hydrogen-bond donors (Lipinski definition) is 1. The van der Waals surface area contributed by atoms with Crippen molar-refractivity contribution in [1.29, 1.82) is 0 Å². The standard InChI is InChI=1S/C10H19N5/c1-9-3-4-11-5-6-15(9)8-10-7-14(2)13-12-10/h7,9,11H,3-6,8H2,1-2H3. The first-order chi connectivity index (χ1) is 7.25. The molecule has 1 aliphatic rings. The fraction of sp³-hybridized carbons (Fsp3) is 0.800. The molecule has 0 aliphatic carbocycles. The molecule has 5 nitrogen and oxygen atoms in total. The Kier molecular flexibility index (Phi) is 3.33. The van der Waals surface area contributed by atoms with Gasteiger partial charge in [0.2, 0.25) is 0 Å². The van der Waals surface area contributed by atoms with Crippen LogP contribution in [0.5, 0.6) is 0 Å². The van der Waals surface area contributed by atoms with Gasteiger partial charge in [-0.15, -0.1) is 5.10 Å². The summed E-state index contributed by atoms with van der Waals surface area (Å²) in [5.41, 5.74) is 1.06. The minimum absolute atomic E-state index is 0.627. The number of nitrogens with zero attached hydrogens (tertiary/aromatic N) is 4. The van der Waals surface area contributed by atoms with Crippen LogP contribution in [-0.2, 0) is 13.6 Å². The summed E-state index contributed by atoms with van der Waals surface area (Å²) in [5, 5.41) is 11.5. The summed E-state index contributed by atoms with van der Waals surface area (Å²) < 4.78 is 1.76. The molecule has 1 N–H and O–H groups in total. The molecule has 1 unspecified atom stereocenters. The van der Waals surface area contributed by atoms with Gasteiger partial charge in [-0.1, -0.05) is 5.21 Å². The SMILES string of the molecule is CC1CCNCCN1Cc1cn(C)nn1. The third kappa shape index (κ3) is 2.76. The monoisotopic (exact) mass is 209 g/mol. The number of nitrogens with one attached hydrogen (secondary N) is 1. The van der Waals surface area contributed by atoms with Crippen LogP contribution in [0, 0.1) is 0 Å². The molecule has 0 radical (unpaired) electrons. The molecular weight excluding hydrogens is 190 g/mol. The molecule has 1 saturated heterocycles. The summed E-state index contributed by atoms with van der Waals surface area (Å²) in [7, 11) is 1.91. The summed E-state index contributed by atoms with van der Waals surface area (Å²) in [4.78, 5) is 2.46. The average molecular weight is 209 g/mol. The molecule has 2 rings (SSSR count). The van der Waals surface area contributed by atoms with Crippen LogP contribution in [0.25, 0.3) is 0 Å². The van der Waals surface area contributed by atoms with Crippen LogP contribution in [0.2, 0.25) is 0 Å². The first-order valence-corrected chi connectivity index (χ1v) is 5.55. The molecule has 1 atom stereocenters. The molecule has 1 aromatic rings. The third-order valence-corrected chi connectivity index (χ3v) is 2.95. The zero-order chi connectivity index (χ0) is 10.7. The van der Waals surface area contributed by atoms with Gasteiger partial charge in [0.05, 0.1) is 5.69 Å². The Morgan fingerprint density at radius 2 is 2.40 bits per heavy atom. The quantitative estimate of drug-likeness (QED) is 0.744. The van der Waals surface area contributed by atoms with Gasteiger partial charge in [-0.25, -0.2) is 0 Å². The molecule has 15 heavy (non-hydrogen) atoms. The van der Waals surface area contributed by atoms with Gasteiger partial charge in [-0.2, -0.15) is 0 Å². The van der Waals surface area contributed by atoms with Crippen molar-refractivity contribution in [2.75, 3.05) is 19.6 Å². The maximum atomic E-state index is 4.13. The van der Waals surface area contributed by atoms with Gasteiger partial charge < -0.3 is 5.32 Å². The van der Waals surface area contributed by atoms with Crippen molar-refractivity contribution in [3.05, 3.63) is 11.9 Å². The summed E-state index contributed by atoms with van der Waals surface area (Å²) in [5.74, 6) is 0. The Hall–Kier alpha value is -0.940. The van der Waals surface area contributed by atoms with Crippen LogP contribution in [-0.4, -0.2) is 45.6 Å². The number of rotatable bonds is 2. The highest BCUT2D eigenvalue weighted by Crippen LogP contribution is 2.09. The van der Waals surface area contributed by atoms with E-state index in [0.29, 0.717) is 6.04 Å². The second-order valence-corrected chi connectivity index (χ2v) is 4.24. The van der Waals surface area contributed by atoms with E-state index < -0.39 is 0 Å². The zero-order valence-electron chi connectivity index (χ0n) is 9.48. The van der Waals surface area contributed by atoms with Gasteiger partial charge in [0.25, 0.3) is 0 Å². The van der Waals surface area contributed by atoms with Crippen LogP contribution >= 0.6 is 0 Å². The largest absolute Gasteiger partial charge is 0.315 e. The van der Waals surface area contributed by atoms with E-state index in [4.69, 9.17) is 0 Å². The van der Waals surface area contributed by atoms with E-state index in [-0.39, 0.29) is 0 Å². The van der Waals surface area contributed by atoms with Crippen LogP contribution < -0.4 is 5.32 Å². The van der Waals surface area contributed by atoms with Crippen LogP contribution in [0.1, 0.15) is 19.0 Å². The molecule has 1 fully saturated rings. The molecule has 1 aromatic heterocycles. The second-order valence-electron chi connectivity index (χ2n) is 4.24. The number of hydrogen-bond acceptors (Lipinski definition) is 4. The molecule has 1 aliphatic heterocycles. The van der Waals surface area contributed by atoms with Crippen molar-refractivity contribution in [2.24, 2.45) is 7.05 Å². The topological polar surface area (TPSA) is 46.0 Å². The smallest absolute Gasteiger partial charge is 0.0967 e. The van der Waals surface area contributed by atoms with Crippen molar-refractivity contribution in [2.45, 2.75) is 25.9 Å². The van der Waals surface area contributed by atoms with Gasteiger partial charge in [0.1, 0.15) is 0 Å². The average Bonchev–Trinajstić information content (AvgIpc) is 2.50. The molecular formula is C10H19N5. The minimum atomic E-state index is 0.627. The Labute approximate surface area is 90.5 Å². The lowest BCUT2D eigenvalue weighted by molar-refractivity contribution is 0.209. The van der Waals surface area contributed by atoms with E-state index in [0.717, 1.165) is 31.9 Å². The maximum absolute atomic E-state index is 4.13. The Balaban J connectivity index is 1.97. The van der Waals surface area contributed by atoms with Gasteiger partial charge in [-0.3, -0.25) is 9.58 Å². The predicted octanol–water partition coefficient (Wildman–Crippen LogP) is -0.00110. The zero-order valence-corrected chi connectivity index (χ0v) is 9.48. The van der Waals surface area contributed by atoms with Crippen molar-refractivity contribution >= 4 is 0 Å². The lowest BCUT2D eigenvalue weighted by Crippen LogP contribution is -2.33. The van der Waals surface area contributed by atoms with Crippen LogP contribution in [0.4, 0.5) is 0 Å². The molecule has 0 aromatic carbocycles. The van der Waals surface area contributed by atoms with Gasteiger partial charge >= 0.3 is 0 Å². The molecule has 0 bridgehead atoms. The first kappa shape index (κ1) is 10.6. The van der Waals surface area contributed by atoms with Gasteiger partial charge in [0.15, 0.2) is 0 Å². The van der Waals surface area contributed by atoms with Gasteiger partial charge in [0, 0.05) is 38.9 Å². The van der Waals surface area contributed by atoms with E-state index in [1.54, 1.807) is 4.68 Å². The summed E-state index contributed by atoms with van der Waals surface area (Å²) in [6, 6.07) is 0.627. The summed E-state index contributed by atoms with van der Waals surface area (Å²) >= 11 is 0. The van der Waals surface area contributed by atoms with E-state index >= 15 is 0 Å². The van der Waals surface area contributed by atoms with Crippen molar-refractivity contribution in [3.8, 4) is 0 Å². The van der Waals surface area contributed by atoms with E-state index in [9.17, 15) is 0 Å². The highest BCUT2D eigenvalue weighted by Gasteiger charge is 2.17. The lowest BCUT2D eigenvalue weighted by atomic mass is 10.2. The molecule has 2 heterocycles. The van der Waals surface area contributed by atoms with Crippen molar-refractivity contribution < 1.29 is 0 Å². The highest BCUT2D eigenvalue weighted by molar-refractivity contribution is 4.93. The van der Waals surface area contributed by atoms with E-state index in [2.05, 4.69) is 27.5 Å². The third-order valence-electron chi connectivity index (χ3n) is 2.95. The Morgan fingerprint density at radius 1 is 1.53 bits per heavy atom. The normalized spacial score (nSPS) is 24.0. The Bertz CT molecular complexity index is 309. The summed E-state index contributed by atoms with van der Waals surface area (Å²) in [6.07, 6.45) is 3.20. The molecule has 0 saturated carbocycles. The molecule has 5 heteroatoms. The first-order valence-electron chi connectivity index (χ1n) is 5.55. The summed E-state index contributed by atoms with van der Waals surface area (Å²) in [6.45, 7) is 6.49. The van der Waals surface area contributed by atoms with Gasteiger partial charge in [-0.05, 0) is 19.9 Å². The number of aromatic nitrogens is 3. The predicted molar refractivity (Wildman–Crippen MR) is 58.4 cm³/mol. The molecule has 84 valence electrons. The maximum Gasteiger partial charge on any atom is 0.0967 e. The highest BCUT2D eigenvalue weighted by atomic mass is 15.4. The Morgan fingerprint density at radius 3 is 3.13 bits per heavy atom. The van der Waals surface area contributed by atoms with Crippen LogP contribution in [0.15, 0.2) is 6.20 Å². The lowest BCUT2D eigenvalue weighted by Gasteiger charge is -2.25. The van der Waals surface area contributed by atoms with E-state index in [1.165, 1.54) is 6.42 Å². The fourth-order valence-electron chi connectivity index (χ4n) is 1.97. The number of aryl methyl sites for hydroxylation is 1. The van der Waals surface area contributed by atoms with Crippen molar-refractivity contribution in [1.82, 2.24) is 25.2 Å². The minimum Gasteiger partial charge on any atom is -0.315 e. The fourth-order valence-corrected chi connectivity index (χ4v) is 1.97.